The molecule has 2 heterocycles. The van der Waals surface area contributed by atoms with E-state index in [2.05, 4.69) is 4.98 Å². The van der Waals surface area contributed by atoms with Gasteiger partial charge in [-0.2, -0.15) is 4.98 Å². The third kappa shape index (κ3) is 2.58. The number of rotatable bonds is 4. The van der Waals surface area contributed by atoms with Gasteiger partial charge in [0.05, 0.1) is 19.5 Å². The lowest BCUT2D eigenvalue weighted by Crippen LogP contribution is -2.28. The molecule has 0 unspecified atom stereocenters. The van der Waals surface area contributed by atoms with Gasteiger partial charge in [-0.15, -0.1) is 0 Å². The van der Waals surface area contributed by atoms with Crippen LogP contribution in [0.3, 0.4) is 0 Å². The molecule has 110 valence electrons. The Morgan fingerprint density at radius 1 is 1.65 bits per heavy atom. The van der Waals surface area contributed by atoms with Crippen LogP contribution in [0.1, 0.15) is 13.2 Å². The molecule has 0 aliphatic carbocycles. The number of hydrogen-bond donors (Lipinski definition) is 2. The summed E-state index contributed by atoms with van der Waals surface area (Å²) in [4.78, 5) is 15.5. The predicted octanol–water partition coefficient (Wildman–Crippen LogP) is -0.254. The Morgan fingerprint density at radius 2 is 2.40 bits per heavy atom. The van der Waals surface area contributed by atoms with Crippen LogP contribution in [0.25, 0.3) is 0 Å². The quantitative estimate of drug-likeness (QED) is 0.792. The summed E-state index contributed by atoms with van der Waals surface area (Å²) < 4.78 is 24.2. The van der Waals surface area contributed by atoms with Gasteiger partial charge >= 0.3 is 5.69 Å². The van der Waals surface area contributed by atoms with E-state index < -0.39 is 30.7 Å². The molecule has 1 aliphatic heterocycles. The first-order valence-electron chi connectivity index (χ1n) is 6.08. The summed E-state index contributed by atoms with van der Waals surface area (Å²) in [6.07, 6.45) is -1.92. The zero-order valence-electron chi connectivity index (χ0n) is 10.8. The highest BCUT2D eigenvalue weighted by Gasteiger charge is 2.40. The smallest absolute Gasteiger partial charge is 0.353 e. The van der Waals surface area contributed by atoms with Gasteiger partial charge in [0.2, 0.25) is 5.88 Å². The number of nitrogens with zero attached hydrogens (tertiary/aromatic N) is 2. The van der Waals surface area contributed by atoms with Crippen LogP contribution in [0, 0.1) is 0 Å². The number of aromatic nitrogens is 2. The van der Waals surface area contributed by atoms with Crippen LogP contribution in [-0.2, 0) is 4.74 Å². The maximum atomic E-state index is 12.9. The summed E-state index contributed by atoms with van der Waals surface area (Å²) in [5.41, 5.74) is -0.844. The number of aliphatic hydroxyl groups excluding tert-OH is 2. The molecule has 0 spiro atoms. The normalized spacial score (nSPS) is 28.0. The van der Waals surface area contributed by atoms with E-state index in [4.69, 9.17) is 14.6 Å². The second kappa shape index (κ2) is 6.12. The lowest BCUT2D eigenvalue weighted by molar-refractivity contribution is -0.0448. The van der Waals surface area contributed by atoms with E-state index in [1.54, 1.807) is 6.92 Å². The van der Waals surface area contributed by atoms with Gasteiger partial charge < -0.3 is 19.7 Å². The van der Waals surface area contributed by atoms with Gasteiger partial charge in [-0.05, 0) is 6.92 Å². The fraction of sp³-hybridized carbons (Fsp3) is 0.500. The predicted molar refractivity (Wildman–Crippen MR) is 65.9 cm³/mol. The first-order chi connectivity index (χ1) is 9.62. The number of ether oxygens (including phenoxy) is 2. The second-order valence-electron chi connectivity index (χ2n) is 4.15. The molecule has 2 rings (SSSR count). The Kier molecular flexibility index (Phi) is 4.48. The van der Waals surface area contributed by atoms with Gasteiger partial charge in [0.15, 0.2) is 6.23 Å². The van der Waals surface area contributed by atoms with Gasteiger partial charge in [-0.3, -0.25) is 4.57 Å². The van der Waals surface area contributed by atoms with Crippen LogP contribution in [0.15, 0.2) is 29.0 Å². The minimum Gasteiger partial charge on any atom is -0.478 e. The third-order valence-corrected chi connectivity index (χ3v) is 2.94. The van der Waals surface area contributed by atoms with Gasteiger partial charge in [-0.1, -0.05) is 0 Å². The molecule has 3 atom stereocenters. The summed E-state index contributed by atoms with van der Waals surface area (Å²) in [7, 11) is 0. The zero-order valence-corrected chi connectivity index (χ0v) is 10.8. The first kappa shape index (κ1) is 14.6. The van der Waals surface area contributed by atoms with Crippen molar-refractivity contribution in [1.82, 2.24) is 9.55 Å². The molecule has 7 nitrogen and oxygen atoms in total. The topological polar surface area (TPSA) is 93.8 Å². The van der Waals surface area contributed by atoms with E-state index in [1.807, 2.05) is 0 Å². The Hall–Kier alpha value is -1.77. The van der Waals surface area contributed by atoms with Crippen molar-refractivity contribution < 1.29 is 24.1 Å². The summed E-state index contributed by atoms with van der Waals surface area (Å²) in [5.74, 6) is 0.150. The molecule has 8 heteroatoms. The molecule has 1 aliphatic rings. The van der Waals surface area contributed by atoms with E-state index in [9.17, 15) is 14.3 Å². The summed E-state index contributed by atoms with van der Waals surface area (Å²) >= 11 is 0. The van der Waals surface area contributed by atoms with Crippen molar-refractivity contribution in [2.75, 3.05) is 13.2 Å². The molecule has 1 saturated heterocycles. The average Bonchev–Trinajstić information content (AvgIpc) is 2.75. The summed E-state index contributed by atoms with van der Waals surface area (Å²) in [6, 6.07) is 1.43. The molecule has 2 N–H and O–H groups in total. The minimum absolute atomic E-state index is 0.142. The molecule has 0 aromatic carbocycles. The van der Waals surface area contributed by atoms with E-state index in [0.29, 0.717) is 6.61 Å². The Balaban J connectivity index is 2.34. The number of hydrogen-bond acceptors (Lipinski definition) is 6. The molecule has 1 aromatic rings. The van der Waals surface area contributed by atoms with Crippen molar-refractivity contribution in [2.24, 2.45) is 0 Å². The first-order valence-corrected chi connectivity index (χ1v) is 6.08. The number of aliphatic hydroxyl groups is 2. The second-order valence-corrected chi connectivity index (χ2v) is 4.15. The fourth-order valence-corrected chi connectivity index (χ4v) is 1.97. The van der Waals surface area contributed by atoms with Crippen LogP contribution >= 0.6 is 0 Å². The van der Waals surface area contributed by atoms with Gasteiger partial charge in [-0.25, -0.2) is 9.18 Å². The van der Waals surface area contributed by atoms with Gasteiger partial charge in [0, 0.05) is 17.8 Å². The highest BCUT2D eigenvalue weighted by molar-refractivity contribution is 5.18. The van der Waals surface area contributed by atoms with Crippen LogP contribution in [0.4, 0.5) is 4.39 Å². The average molecular weight is 286 g/mol. The zero-order chi connectivity index (χ0) is 14.7. The van der Waals surface area contributed by atoms with Gasteiger partial charge in [0.1, 0.15) is 12.2 Å². The largest absolute Gasteiger partial charge is 0.478 e. The van der Waals surface area contributed by atoms with Crippen LogP contribution < -0.4 is 10.4 Å². The van der Waals surface area contributed by atoms with Crippen molar-refractivity contribution >= 4 is 0 Å². The van der Waals surface area contributed by atoms with Crippen molar-refractivity contribution in [3.8, 4) is 5.88 Å². The minimum atomic E-state index is -1.31. The van der Waals surface area contributed by atoms with E-state index in [1.165, 1.54) is 12.3 Å². The van der Waals surface area contributed by atoms with Gasteiger partial charge in [0.25, 0.3) is 0 Å². The van der Waals surface area contributed by atoms with E-state index in [0.717, 1.165) is 4.57 Å². The summed E-state index contributed by atoms with van der Waals surface area (Å²) in [5, 5.41) is 18.8. The fourth-order valence-electron chi connectivity index (χ4n) is 1.97. The highest BCUT2D eigenvalue weighted by Crippen LogP contribution is 2.33. The van der Waals surface area contributed by atoms with E-state index >= 15 is 0 Å². The Bertz CT molecular complexity index is 559. The van der Waals surface area contributed by atoms with Crippen molar-refractivity contribution in [3.05, 3.63) is 34.7 Å². The van der Waals surface area contributed by atoms with Crippen LogP contribution in [-0.4, -0.2) is 45.2 Å². The third-order valence-electron chi connectivity index (χ3n) is 2.94. The van der Waals surface area contributed by atoms with Crippen molar-refractivity contribution in [2.45, 2.75) is 25.4 Å². The molecule has 0 bridgehead atoms. The monoisotopic (exact) mass is 286 g/mol. The van der Waals surface area contributed by atoms with Crippen molar-refractivity contribution in [1.29, 1.82) is 0 Å². The highest BCUT2D eigenvalue weighted by atomic mass is 19.1. The van der Waals surface area contributed by atoms with Crippen molar-refractivity contribution in [3.63, 3.8) is 0 Å². The number of halogens is 1. The Labute approximate surface area is 113 Å². The molecule has 0 amide bonds. The standard InChI is InChI=1S/C12H15FN2O5/c1-2-19-9-3-4-15(12(18)14-9)11-7(5-13)10(17)8(6-16)20-11/h3-5,8,10-11,16-17H,2,6H2,1H3/b7-5-/t8-,10+,11-/m1/s1. The lowest BCUT2D eigenvalue weighted by atomic mass is 10.1. The Morgan fingerprint density at radius 3 is 2.95 bits per heavy atom. The molecular weight excluding hydrogens is 271 g/mol. The molecule has 0 radical (unpaired) electrons. The maximum Gasteiger partial charge on any atom is 0.353 e. The molecule has 1 fully saturated rings. The molecule has 20 heavy (non-hydrogen) atoms. The SMILES string of the molecule is CCOc1ccn([C@@H]2O[C@H](CO)[C@@H](O)/C2=C/F)c(=O)n1. The van der Waals surface area contributed by atoms with Crippen LogP contribution in [0.2, 0.25) is 0 Å². The lowest BCUT2D eigenvalue weighted by Gasteiger charge is -2.14. The maximum absolute atomic E-state index is 12.9. The van der Waals surface area contributed by atoms with E-state index in [-0.39, 0.29) is 17.8 Å². The molecular formula is C12H15FN2O5. The molecule has 1 aromatic heterocycles. The van der Waals surface area contributed by atoms with Crippen LogP contribution in [0.5, 0.6) is 5.88 Å². The summed E-state index contributed by atoms with van der Waals surface area (Å²) in [6.45, 7) is 1.62. The molecule has 0 saturated carbocycles.